The number of para-hydroxylation sites is 1. The van der Waals surface area contributed by atoms with Crippen LogP contribution in [0.25, 0.3) is 0 Å². The summed E-state index contributed by atoms with van der Waals surface area (Å²) in [7, 11) is 0. The van der Waals surface area contributed by atoms with Crippen molar-refractivity contribution in [2.24, 2.45) is 0 Å². The van der Waals surface area contributed by atoms with Gasteiger partial charge in [0.05, 0.1) is 11.3 Å². The first kappa shape index (κ1) is 18.3. The molecule has 1 fully saturated rings. The lowest BCUT2D eigenvalue weighted by Gasteiger charge is -2.19. The van der Waals surface area contributed by atoms with Crippen LogP contribution in [0.2, 0.25) is 5.02 Å². The molecule has 1 saturated heterocycles. The molecule has 2 aromatic carbocycles. The number of carbonyl (C=O) groups excluding carboxylic acids is 2. The Kier molecular flexibility index (Phi) is 5.78. The van der Waals surface area contributed by atoms with E-state index in [1.165, 1.54) is 0 Å². The molecule has 5 nitrogen and oxygen atoms in total. The Bertz CT molecular complexity index is 786. The summed E-state index contributed by atoms with van der Waals surface area (Å²) in [5.74, 6) is 0.185. The Labute approximate surface area is 157 Å². The first-order valence-electron chi connectivity index (χ1n) is 8.66. The lowest BCUT2D eigenvalue weighted by molar-refractivity contribution is -0.122. The van der Waals surface area contributed by atoms with E-state index >= 15 is 0 Å². The molecule has 1 aliphatic heterocycles. The number of rotatable bonds is 5. The van der Waals surface area contributed by atoms with Crippen LogP contribution in [-0.4, -0.2) is 35.9 Å². The Morgan fingerprint density at radius 1 is 1.08 bits per heavy atom. The highest BCUT2D eigenvalue weighted by Gasteiger charge is 2.23. The zero-order valence-electron chi connectivity index (χ0n) is 14.6. The number of nitrogens with zero attached hydrogens (tertiary/aromatic N) is 1. The van der Waals surface area contributed by atoms with Crippen molar-refractivity contribution in [3.8, 4) is 5.75 Å². The molecule has 1 N–H and O–H groups in total. The van der Waals surface area contributed by atoms with Crippen LogP contribution in [0.4, 0.5) is 5.69 Å². The molecule has 0 saturated carbocycles. The quantitative estimate of drug-likeness (QED) is 0.863. The van der Waals surface area contributed by atoms with E-state index in [0.29, 0.717) is 22.0 Å². The fourth-order valence-electron chi connectivity index (χ4n) is 2.87. The number of amides is 2. The fourth-order valence-corrected chi connectivity index (χ4v) is 3.00. The number of nitrogens with one attached hydrogen (secondary N) is 1. The molecule has 3 rings (SSSR count). The molecule has 2 aromatic rings. The first-order valence-corrected chi connectivity index (χ1v) is 9.04. The van der Waals surface area contributed by atoms with E-state index in [2.05, 4.69) is 5.32 Å². The smallest absolute Gasteiger partial charge is 0.265 e. The van der Waals surface area contributed by atoms with E-state index in [1.807, 2.05) is 4.90 Å². The molecule has 0 aliphatic carbocycles. The van der Waals surface area contributed by atoms with Gasteiger partial charge in [0, 0.05) is 18.1 Å². The summed E-state index contributed by atoms with van der Waals surface area (Å²) in [4.78, 5) is 27.0. The Hall–Kier alpha value is -2.53. The van der Waals surface area contributed by atoms with Crippen molar-refractivity contribution in [2.45, 2.75) is 25.9 Å². The van der Waals surface area contributed by atoms with Crippen LogP contribution in [0.15, 0.2) is 48.5 Å². The zero-order valence-corrected chi connectivity index (χ0v) is 15.3. The molecule has 1 aliphatic rings. The lowest BCUT2D eigenvalue weighted by atomic mass is 10.1. The minimum absolute atomic E-state index is 0.0512. The maximum Gasteiger partial charge on any atom is 0.265 e. The number of likely N-dealkylation sites (tertiary alicyclic amines) is 1. The monoisotopic (exact) mass is 372 g/mol. The molecule has 26 heavy (non-hydrogen) atoms. The van der Waals surface area contributed by atoms with Crippen molar-refractivity contribution < 1.29 is 14.3 Å². The summed E-state index contributed by atoms with van der Waals surface area (Å²) in [6.07, 6.45) is 1.32. The number of hydrogen-bond acceptors (Lipinski definition) is 3. The molecule has 0 radical (unpaired) electrons. The molecule has 136 valence electrons. The number of ether oxygens (including phenoxy) is 1. The first-order chi connectivity index (χ1) is 12.5. The number of halogens is 1. The lowest BCUT2D eigenvalue weighted by Crippen LogP contribution is -2.32. The molecule has 6 heteroatoms. The van der Waals surface area contributed by atoms with Crippen LogP contribution in [0.3, 0.4) is 0 Å². The maximum absolute atomic E-state index is 12.7. The summed E-state index contributed by atoms with van der Waals surface area (Å²) >= 11 is 5.85. The minimum atomic E-state index is -0.717. The van der Waals surface area contributed by atoms with Crippen LogP contribution in [0, 0.1) is 0 Å². The summed E-state index contributed by atoms with van der Waals surface area (Å²) in [5, 5.41) is 3.41. The van der Waals surface area contributed by atoms with E-state index < -0.39 is 6.10 Å². The zero-order chi connectivity index (χ0) is 18.5. The summed E-state index contributed by atoms with van der Waals surface area (Å²) in [6.45, 7) is 3.18. The maximum atomic E-state index is 12.7. The van der Waals surface area contributed by atoms with Crippen molar-refractivity contribution in [1.29, 1.82) is 0 Å². The summed E-state index contributed by atoms with van der Waals surface area (Å²) in [5.41, 5.74) is 1.00. The molecule has 1 atom stereocenters. The van der Waals surface area contributed by atoms with Gasteiger partial charge in [0.25, 0.3) is 11.8 Å². The number of anilines is 1. The molecule has 1 heterocycles. The van der Waals surface area contributed by atoms with Gasteiger partial charge in [0.15, 0.2) is 6.10 Å². The predicted octanol–water partition coefficient (Wildman–Crippen LogP) is 3.98. The summed E-state index contributed by atoms with van der Waals surface area (Å²) in [6, 6.07) is 13.9. The van der Waals surface area contributed by atoms with E-state index in [4.69, 9.17) is 16.3 Å². The van der Waals surface area contributed by atoms with Crippen molar-refractivity contribution in [3.05, 3.63) is 59.1 Å². The van der Waals surface area contributed by atoms with Crippen molar-refractivity contribution in [3.63, 3.8) is 0 Å². The SMILES string of the molecule is CC(Oc1ccc(Cl)cc1)C(=O)Nc1ccccc1C(=O)N1CCCC1. The standard InChI is InChI=1S/C20H21ClN2O3/c1-14(26-16-10-8-15(21)9-11-16)19(24)22-18-7-3-2-6-17(18)20(25)23-12-4-5-13-23/h2-3,6-11,14H,4-5,12-13H2,1H3,(H,22,24). The third-order valence-electron chi connectivity index (χ3n) is 4.30. The number of carbonyl (C=O) groups is 2. The predicted molar refractivity (Wildman–Crippen MR) is 102 cm³/mol. The average Bonchev–Trinajstić information content (AvgIpc) is 3.18. The highest BCUT2D eigenvalue weighted by molar-refractivity contribution is 6.30. The second-order valence-corrected chi connectivity index (χ2v) is 6.68. The van der Waals surface area contributed by atoms with Crippen LogP contribution >= 0.6 is 11.6 Å². The summed E-state index contributed by atoms with van der Waals surface area (Å²) < 4.78 is 5.64. The van der Waals surface area contributed by atoms with E-state index in [-0.39, 0.29) is 11.8 Å². The molecule has 2 amide bonds. The third kappa shape index (κ3) is 4.35. The molecular weight excluding hydrogens is 352 g/mol. The Balaban J connectivity index is 1.68. The van der Waals surface area contributed by atoms with Gasteiger partial charge in [-0.2, -0.15) is 0 Å². The molecular formula is C20H21ClN2O3. The van der Waals surface area contributed by atoms with Gasteiger partial charge >= 0.3 is 0 Å². The van der Waals surface area contributed by atoms with Gasteiger partial charge in [-0.05, 0) is 56.2 Å². The van der Waals surface area contributed by atoms with E-state index in [0.717, 1.165) is 25.9 Å². The minimum Gasteiger partial charge on any atom is -0.481 e. The molecule has 0 aromatic heterocycles. The highest BCUT2D eigenvalue weighted by atomic mass is 35.5. The number of benzene rings is 2. The Morgan fingerprint density at radius 2 is 1.73 bits per heavy atom. The fraction of sp³-hybridized carbons (Fsp3) is 0.300. The van der Waals surface area contributed by atoms with Gasteiger partial charge in [-0.3, -0.25) is 9.59 Å². The van der Waals surface area contributed by atoms with Gasteiger partial charge in [-0.1, -0.05) is 23.7 Å². The topological polar surface area (TPSA) is 58.6 Å². The molecule has 1 unspecified atom stereocenters. The second kappa shape index (κ2) is 8.23. The van der Waals surface area contributed by atoms with Gasteiger partial charge < -0.3 is 15.0 Å². The Morgan fingerprint density at radius 3 is 2.42 bits per heavy atom. The van der Waals surface area contributed by atoms with Crippen LogP contribution in [0.1, 0.15) is 30.1 Å². The van der Waals surface area contributed by atoms with Crippen LogP contribution in [0.5, 0.6) is 5.75 Å². The van der Waals surface area contributed by atoms with Gasteiger partial charge in [0.1, 0.15) is 5.75 Å². The van der Waals surface area contributed by atoms with Crippen LogP contribution in [-0.2, 0) is 4.79 Å². The van der Waals surface area contributed by atoms with Gasteiger partial charge in [-0.15, -0.1) is 0 Å². The number of hydrogen-bond donors (Lipinski definition) is 1. The second-order valence-electron chi connectivity index (χ2n) is 6.25. The highest BCUT2D eigenvalue weighted by Crippen LogP contribution is 2.21. The van der Waals surface area contributed by atoms with Gasteiger partial charge in [0.2, 0.25) is 0 Å². The van der Waals surface area contributed by atoms with E-state index in [1.54, 1.807) is 55.5 Å². The largest absolute Gasteiger partial charge is 0.481 e. The van der Waals surface area contributed by atoms with Crippen molar-refractivity contribution >= 4 is 29.1 Å². The average molecular weight is 373 g/mol. The van der Waals surface area contributed by atoms with Crippen molar-refractivity contribution in [2.75, 3.05) is 18.4 Å². The molecule has 0 bridgehead atoms. The van der Waals surface area contributed by atoms with E-state index in [9.17, 15) is 9.59 Å². The van der Waals surface area contributed by atoms with Crippen molar-refractivity contribution in [1.82, 2.24) is 4.90 Å². The molecule has 0 spiro atoms. The van der Waals surface area contributed by atoms with Gasteiger partial charge in [-0.25, -0.2) is 0 Å². The van der Waals surface area contributed by atoms with Crippen LogP contribution < -0.4 is 10.1 Å². The normalized spacial score (nSPS) is 14.8. The third-order valence-corrected chi connectivity index (χ3v) is 4.56.